The molecule has 3 aromatic rings. The van der Waals surface area contributed by atoms with Gasteiger partial charge in [0.1, 0.15) is 11.5 Å². The molecule has 0 spiro atoms. The van der Waals surface area contributed by atoms with E-state index in [1.165, 1.54) is 16.2 Å². The number of carbonyl (C=O) groups excluding carboxylic acids is 2. The van der Waals surface area contributed by atoms with Gasteiger partial charge < -0.3 is 9.84 Å². The van der Waals surface area contributed by atoms with Crippen molar-refractivity contribution < 1.29 is 19.4 Å². The fourth-order valence-corrected chi connectivity index (χ4v) is 4.15. The smallest absolute Gasteiger partial charge is 0.301 e. The lowest BCUT2D eigenvalue weighted by atomic mass is 9.95. The third-order valence-electron chi connectivity index (χ3n) is 4.69. The van der Waals surface area contributed by atoms with Gasteiger partial charge in [-0.15, -0.1) is 11.3 Å². The van der Waals surface area contributed by atoms with Crippen molar-refractivity contribution in [2.24, 2.45) is 0 Å². The van der Waals surface area contributed by atoms with E-state index >= 15 is 0 Å². The highest BCUT2D eigenvalue weighted by atomic mass is 35.5. The van der Waals surface area contributed by atoms with Crippen LogP contribution in [-0.2, 0) is 9.59 Å². The zero-order valence-corrected chi connectivity index (χ0v) is 17.5. The fourth-order valence-electron chi connectivity index (χ4n) is 3.36. The number of halogens is 1. The maximum Gasteiger partial charge on any atom is 0.301 e. The predicted molar refractivity (Wildman–Crippen MR) is 116 cm³/mol. The molecule has 0 aliphatic carbocycles. The van der Waals surface area contributed by atoms with Crippen molar-refractivity contribution in [2.75, 3.05) is 11.5 Å². The minimum Gasteiger partial charge on any atom is -0.507 e. The van der Waals surface area contributed by atoms with Crippen LogP contribution in [0.5, 0.6) is 5.75 Å². The Morgan fingerprint density at radius 1 is 1.17 bits per heavy atom. The number of anilines is 1. The van der Waals surface area contributed by atoms with E-state index < -0.39 is 17.7 Å². The number of rotatable bonds is 5. The monoisotopic (exact) mass is 440 g/mol. The normalized spacial score (nSPS) is 18.1. The van der Waals surface area contributed by atoms with Crippen molar-refractivity contribution in [1.82, 2.24) is 4.98 Å². The lowest BCUT2D eigenvalue weighted by Gasteiger charge is -2.23. The molecule has 1 fully saturated rings. The van der Waals surface area contributed by atoms with Crippen LogP contribution in [0.2, 0.25) is 5.02 Å². The topological polar surface area (TPSA) is 79.7 Å². The molecule has 0 bridgehead atoms. The predicted octanol–water partition coefficient (Wildman–Crippen LogP) is 4.82. The molecule has 1 aliphatic heterocycles. The molecule has 1 aliphatic rings. The second-order valence-corrected chi connectivity index (χ2v) is 7.80. The summed E-state index contributed by atoms with van der Waals surface area (Å²) in [5.74, 6) is -1.11. The van der Waals surface area contributed by atoms with Gasteiger partial charge in [0.05, 0.1) is 18.2 Å². The zero-order valence-electron chi connectivity index (χ0n) is 15.9. The molecule has 4 rings (SSSR count). The first kappa shape index (κ1) is 20.1. The fraction of sp³-hybridized carbons (Fsp3) is 0.136. The maximum atomic E-state index is 13.0. The Morgan fingerprint density at radius 2 is 1.87 bits per heavy atom. The number of carbonyl (C=O) groups is 2. The number of hydrogen-bond donors (Lipinski definition) is 1. The number of hydrogen-bond acceptors (Lipinski definition) is 6. The zero-order chi connectivity index (χ0) is 21.3. The number of aliphatic hydroxyl groups is 1. The molecular weight excluding hydrogens is 424 g/mol. The first-order chi connectivity index (χ1) is 14.5. The highest BCUT2D eigenvalue weighted by Crippen LogP contribution is 2.42. The van der Waals surface area contributed by atoms with Crippen LogP contribution >= 0.6 is 22.9 Å². The molecule has 1 saturated heterocycles. The summed E-state index contributed by atoms with van der Waals surface area (Å²) < 4.78 is 5.43. The third kappa shape index (κ3) is 3.58. The second-order valence-electron chi connectivity index (χ2n) is 6.49. The summed E-state index contributed by atoms with van der Waals surface area (Å²) in [5, 5.41) is 13.7. The van der Waals surface area contributed by atoms with Gasteiger partial charge in [0.15, 0.2) is 5.13 Å². The lowest BCUT2D eigenvalue weighted by Crippen LogP contribution is -2.29. The van der Waals surface area contributed by atoms with E-state index in [0.29, 0.717) is 33.6 Å². The summed E-state index contributed by atoms with van der Waals surface area (Å²) in [5.41, 5.74) is 1.05. The van der Waals surface area contributed by atoms with E-state index in [0.717, 1.165) is 0 Å². The van der Waals surface area contributed by atoms with Gasteiger partial charge in [-0.1, -0.05) is 23.7 Å². The van der Waals surface area contributed by atoms with Crippen molar-refractivity contribution in [2.45, 2.75) is 13.0 Å². The summed E-state index contributed by atoms with van der Waals surface area (Å²) in [7, 11) is 0. The van der Waals surface area contributed by atoms with E-state index in [9.17, 15) is 14.7 Å². The van der Waals surface area contributed by atoms with Gasteiger partial charge in [0.25, 0.3) is 5.78 Å². The minimum absolute atomic E-state index is 0.00156. The van der Waals surface area contributed by atoms with Crippen LogP contribution in [0, 0.1) is 0 Å². The van der Waals surface area contributed by atoms with Crippen LogP contribution < -0.4 is 9.64 Å². The molecule has 152 valence electrons. The number of nitrogens with zero attached hydrogens (tertiary/aromatic N) is 2. The van der Waals surface area contributed by atoms with Gasteiger partial charge in [0, 0.05) is 22.2 Å². The van der Waals surface area contributed by atoms with Crippen LogP contribution in [0.3, 0.4) is 0 Å². The number of Topliss-reactive ketones (excluding diaryl/α,β-unsaturated/α-hetero) is 1. The minimum atomic E-state index is -0.819. The van der Waals surface area contributed by atoms with Crippen LogP contribution in [0.4, 0.5) is 5.13 Å². The van der Waals surface area contributed by atoms with Crippen LogP contribution in [0.1, 0.15) is 24.1 Å². The Labute approximate surface area is 182 Å². The number of ether oxygens (including phenoxy) is 1. The standard InChI is InChI=1S/C22H17ClN2O4S/c1-2-29-16-9-5-14(6-10-16)19(26)17-18(13-3-7-15(23)8-4-13)25(21(28)20(17)27)22-24-11-12-30-22/h3-12,18,26H,2H2,1H3/b19-17+/t18-/m1/s1. The van der Waals surface area contributed by atoms with Crippen molar-refractivity contribution in [3.8, 4) is 5.75 Å². The highest BCUT2D eigenvalue weighted by Gasteiger charge is 2.47. The Bertz CT molecular complexity index is 1110. The number of benzene rings is 2. The molecule has 0 radical (unpaired) electrons. The Morgan fingerprint density at radius 3 is 2.47 bits per heavy atom. The van der Waals surface area contributed by atoms with E-state index in [2.05, 4.69) is 4.98 Å². The number of aliphatic hydroxyl groups excluding tert-OH is 1. The summed E-state index contributed by atoms with van der Waals surface area (Å²) in [6, 6.07) is 12.7. The third-order valence-corrected chi connectivity index (χ3v) is 5.72. The summed E-state index contributed by atoms with van der Waals surface area (Å²) in [6.07, 6.45) is 1.56. The first-order valence-corrected chi connectivity index (χ1v) is 10.5. The number of aromatic nitrogens is 1. The average molecular weight is 441 g/mol. The average Bonchev–Trinajstić information content (AvgIpc) is 3.36. The summed E-state index contributed by atoms with van der Waals surface area (Å²) in [4.78, 5) is 31.4. The molecule has 8 heteroatoms. The quantitative estimate of drug-likeness (QED) is 0.349. The number of amides is 1. The molecule has 2 heterocycles. The van der Waals surface area contributed by atoms with E-state index in [4.69, 9.17) is 16.3 Å². The Hall–Kier alpha value is -3.16. The number of thiazole rings is 1. The van der Waals surface area contributed by atoms with Crippen molar-refractivity contribution in [3.63, 3.8) is 0 Å². The van der Waals surface area contributed by atoms with Gasteiger partial charge >= 0.3 is 5.91 Å². The van der Waals surface area contributed by atoms with Crippen molar-refractivity contribution >= 4 is 45.5 Å². The van der Waals surface area contributed by atoms with Gasteiger partial charge in [-0.25, -0.2) is 4.98 Å². The van der Waals surface area contributed by atoms with Gasteiger partial charge in [0.2, 0.25) is 0 Å². The van der Waals surface area contributed by atoms with Crippen molar-refractivity contribution in [3.05, 3.63) is 81.8 Å². The van der Waals surface area contributed by atoms with Crippen LogP contribution in [0.25, 0.3) is 5.76 Å². The van der Waals surface area contributed by atoms with Gasteiger partial charge in [-0.05, 0) is 48.9 Å². The Balaban J connectivity index is 1.86. The van der Waals surface area contributed by atoms with Gasteiger partial charge in [-0.2, -0.15) is 0 Å². The van der Waals surface area contributed by atoms with Crippen LogP contribution in [-0.4, -0.2) is 28.4 Å². The van der Waals surface area contributed by atoms with E-state index in [1.807, 2.05) is 6.92 Å². The SMILES string of the molecule is CCOc1ccc(/C(O)=C2\C(=O)C(=O)N(c3nccs3)[C@@H]2c2ccc(Cl)cc2)cc1. The van der Waals surface area contributed by atoms with Crippen molar-refractivity contribution in [1.29, 1.82) is 0 Å². The Kier molecular flexibility index (Phi) is 5.57. The second kappa shape index (κ2) is 8.30. The molecule has 0 unspecified atom stereocenters. The molecule has 0 saturated carbocycles. The lowest BCUT2D eigenvalue weighted by molar-refractivity contribution is -0.132. The van der Waals surface area contributed by atoms with Gasteiger partial charge in [-0.3, -0.25) is 14.5 Å². The molecule has 6 nitrogen and oxygen atoms in total. The highest BCUT2D eigenvalue weighted by molar-refractivity contribution is 7.14. The maximum absolute atomic E-state index is 13.0. The molecule has 1 atom stereocenters. The first-order valence-electron chi connectivity index (χ1n) is 9.20. The summed E-state index contributed by atoms with van der Waals surface area (Å²) in [6.45, 7) is 2.39. The van der Waals surface area contributed by atoms with E-state index in [1.54, 1.807) is 60.1 Å². The molecule has 30 heavy (non-hydrogen) atoms. The van der Waals surface area contributed by atoms with E-state index in [-0.39, 0.29) is 11.3 Å². The molecule has 1 aromatic heterocycles. The largest absolute Gasteiger partial charge is 0.507 e. The summed E-state index contributed by atoms with van der Waals surface area (Å²) >= 11 is 7.26. The molecular formula is C22H17ClN2O4S. The molecule has 2 aromatic carbocycles. The molecule has 1 N–H and O–H groups in total. The number of ketones is 1. The molecule has 1 amide bonds. The van der Waals surface area contributed by atoms with Crippen LogP contribution in [0.15, 0.2) is 65.7 Å².